The summed E-state index contributed by atoms with van der Waals surface area (Å²) in [6.45, 7) is 1.44. The van der Waals surface area contributed by atoms with E-state index < -0.39 is 18.7 Å². The lowest BCUT2D eigenvalue weighted by Crippen LogP contribution is -2.34. The topological polar surface area (TPSA) is 79.7 Å². The second-order valence-electron chi connectivity index (χ2n) is 6.12. The third kappa shape index (κ3) is 4.32. The van der Waals surface area contributed by atoms with E-state index in [2.05, 4.69) is 4.98 Å². The van der Waals surface area contributed by atoms with Gasteiger partial charge in [0.15, 0.2) is 12.7 Å². The second-order valence-corrected chi connectivity index (χ2v) is 7.18. The van der Waals surface area contributed by atoms with E-state index in [0.29, 0.717) is 5.56 Å². The summed E-state index contributed by atoms with van der Waals surface area (Å²) in [6, 6.07) is 16.0. The Labute approximate surface area is 161 Å². The molecule has 1 heterocycles. The molecule has 0 aliphatic carbocycles. The van der Waals surface area contributed by atoms with E-state index in [1.807, 2.05) is 31.2 Å². The zero-order valence-corrected chi connectivity index (χ0v) is 15.8. The molecule has 2 aromatic carbocycles. The fourth-order valence-electron chi connectivity index (χ4n) is 2.54. The quantitative estimate of drug-likeness (QED) is 0.661. The molecule has 0 radical (unpaired) electrons. The van der Waals surface area contributed by atoms with Crippen LogP contribution in [0.1, 0.15) is 29.6 Å². The third-order valence-electron chi connectivity index (χ3n) is 4.32. The summed E-state index contributed by atoms with van der Waals surface area (Å²) in [5.74, 6) is -1.22. The first-order valence-electron chi connectivity index (χ1n) is 8.48. The molecule has 1 amide bonds. The van der Waals surface area contributed by atoms with Crippen molar-refractivity contribution in [3.63, 3.8) is 0 Å². The molecule has 0 fully saturated rings. The van der Waals surface area contributed by atoms with Crippen LogP contribution < -0.4 is 0 Å². The molecule has 140 valence electrons. The van der Waals surface area contributed by atoms with Crippen molar-refractivity contribution in [1.82, 2.24) is 9.88 Å². The number of hydrogen-bond donors (Lipinski definition) is 1. The second kappa shape index (κ2) is 8.28. The zero-order chi connectivity index (χ0) is 19.4. The first kappa shape index (κ1) is 19.0. The molecule has 0 unspecified atom stereocenters. The molecule has 1 aromatic heterocycles. The Kier molecular flexibility index (Phi) is 5.83. The molecule has 3 rings (SSSR count). The largest absolute Gasteiger partial charge is 0.453 e. The van der Waals surface area contributed by atoms with Crippen molar-refractivity contribution >= 4 is 33.4 Å². The van der Waals surface area contributed by atoms with Crippen LogP contribution in [0.2, 0.25) is 0 Å². The summed E-state index contributed by atoms with van der Waals surface area (Å²) >= 11 is 1.52. The molecule has 6 nitrogen and oxygen atoms in total. The van der Waals surface area contributed by atoms with Gasteiger partial charge in [-0.15, -0.1) is 11.3 Å². The summed E-state index contributed by atoms with van der Waals surface area (Å²) in [7, 11) is 1.64. The fourth-order valence-corrected chi connectivity index (χ4v) is 3.60. The number of likely N-dealkylation sites (N-methyl/N-ethyl adjacent to an activating group) is 1. The van der Waals surface area contributed by atoms with Crippen molar-refractivity contribution in [3.05, 3.63) is 65.2 Å². The predicted molar refractivity (Wildman–Crippen MR) is 103 cm³/mol. The van der Waals surface area contributed by atoms with Crippen LogP contribution in [0.4, 0.5) is 0 Å². The molecule has 0 aliphatic rings. The molecule has 27 heavy (non-hydrogen) atoms. The van der Waals surface area contributed by atoms with Crippen molar-refractivity contribution in [2.45, 2.75) is 19.1 Å². The molecule has 3 aromatic rings. The molecule has 0 bridgehead atoms. The van der Waals surface area contributed by atoms with Crippen LogP contribution in [-0.4, -0.2) is 40.5 Å². The number of aromatic nitrogens is 1. The number of thiazole rings is 1. The molecule has 7 heteroatoms. The smallest absolute Gasteiger partial charge is 0.340 e. The van der Waals surface area contributed by atoms with Gasteiger partial charge in [-0.1, -0.05) is 42.5 Å². The minimum atomic E-state index is -1.41. The van der Waals surface area contributed by atoms with Gasteiger partial charge < -0.3 is 14.7 Å². The summed E-state index contributed by atoms with van der Waals surface area (Å²) in [5, 5.41) is 10.8. The number of aliphatic hydroxyl groups excluding tert-OH is 1. The lowest BCUT2D eigenvalue weighted by atomic mass is 10.1. The van der Waals surface area contributed by atoms with Crippen molar-refractivity contribution in [2.24, 2.45) is 0 Å². The highest BCUT2D eigenvalue weighted by Gasteiger charge is 2.24. The number of ether oxygens (including phenoxy) is 1. The summed E-state index contributed by atoms with van der Waals surface area (Å²) < 4.78 is 6.04. The number of para-hydroxylation sites is 1. The Bertz CT molecular complexity index is 908. The molecule has 0 saturated heterocycles. The van der Waals surface area contributed by atoms with Crippen LogP contribution in [0.15, 0.2) is 54.6 Å². The number of rotatable bonds is 6. The first-order valence-corrected chi connectivity index (χ1v) is 9.30. The number of fused-ring (bicyclic) bond motifs is 1. The van der Waals surface area contributed by atoms with Crippen LogP contribution in [-0.2, 0) is 14.3 Å². The average molecular weight is 384 g/mol. The number of nitrogens with zero attached hydrogens (tertiary/aromatic N) is 2. The van der Waals surface area contributed by atoms with E-state index in [1.54, 1.807) is 37.4 Å². The maximum absolute atomic E-state index is 12.4. The van der Waals surface area contributed by atoms with Crippen LogP contribution >= 0.6 is 11.3 Å². The molecule has 0 aliphatic heterocycles. The normalized spacial score (nSPS) is 13.1. The molecule has 0 saturated carbocycles. The lowest BCUT2D eigenvalue weighted by molar-refractivity contribution is -0.159. The Hall–Kier alpha value is -2.77. The van der Waals surface area contributed by atoms with E-state index >= 15 is 0 Å². The van der Waals surface area contributed by atoms with Gasteiger partial charge in [0.05, 0.1) is 16.3 Å². The first-order chi connectivity index (χ1) is 13.0. The number of aliphatic hydroxyl groups is 1. The average Bonchev–Trinajstić information content (AvgIpc) is 3.15. The molecule has 2 atom stereocenters. The maximum atomic E-state index is 12.4. The number of amides is 1. The minimum absolute atomic E-state index is 0.257. The molecule has 1 N–H and O–H groups in total. The molecular formula is C20H20N2O4S. The lowest BCUT2D eigenvalue weighted by Gasteiger charge is -2.23. The van der Waals surface area contributed by atoms with Crippen molar-refractivity contribution in [3.8, 4) is 0 Å². The van der Waals surface area contributed by atoms with Crippen LogP contribution in [0.5, 0.6) is 0 Å². The minimum Gasteiger partial charge on any atom is -0.453 e. The van der Waals surface area contributed by atoms with Gasteiger partial charge in [0, 0.05) is 7.05 Å². The van der Waals surface area contributed by atoms with Gasteiger partial charge in [-0.2, -0.15) is 0 Å². The van der Waals surface area contributed by atoms with E-state index in [0.717, 1.165) is 15.2 Å². The fraction of sp³-hybridized carbons (Fsp3) is 0.250. The van der Waals surface area contributed by atoms with Crippen LogP contribution in [0, 0.1) is 0 Å². The van der Waals surface area contributed by atoms with E-state index in [9.17, 15) is 14.7 Å². The standard InChI is InChI=1S/C20H20N2O4S/c1-13(19-21-15-10-6-7-11-16(15)27-19)22(2)17(23)12-26-20(25)18(24)14-8-4-3-5-9-14/h3-11,13,18,24H,12H2,1-2H3/t13-,18+/m0/s1. The number of carbonyl (C=O) groups excluding carboxylic acids is 2. The van der Waals surface area contributed by atoms with Crippen LogP contribution in [0.25, 0.3) is 10.2 Å². The van der Waals surface area contributed by atoms with Gasteiger partial charge in [-0.25, -0.2) is 9.78 Å². The van der Waals surface area contributed by atoms with Gasteiger partial charge in [-0.05, 0) is 24.6 Å². The SMILES string of the molecule is C[C@@H](c1nc2ccccc2s1)N(C)C(=O)COC(=O)[C@H](O)c1ccccc1. The highest BCUT2D eigenvalue weighted by atomic mass is 32.1. The number of esters is 1. The third-order valence-corrected chi connectivity index (χ3v) is 5.53. The monoisotopic (exact) mass is 384 g/mol. The number of benzene rings is 2. The number of hydrogen-bond acceptors (Lipinski definition) is 6. The molecular weight excluding hydrogens is 364 g/mol. The van der Waals surface area contributed by atoms with Gasteiger partial charge in [-0.3, -0.25) is 4.79 Å². The van der Waals surface area contributed by atoms with Crippen molar-refractivity contribution < 1.29 is 19.4 Å². The highest BCUT2D eigenvalue weighted by molar-refractivity contribution is 7.18. The van der Waals surface area contributed by atoms with Gasteiger partial charge >= 0.3 is 5.97 Å². The number of carbonyl (C=O) groups is 2. The van der Waals surface area contributed by atoms with Crippen LogP contribution in [0.3, 0.4) is 0 Å². The Balaban J connectivity index is 1.59. The van der Waals surface area contributed by atoms with Gasteiger partial charge in [0.25, 0.3) is 5.91 Å². The van der Waals surface area contributed by atoms with Crippen molar-refractivity contribution in [1.29, 1.82) is 0 Å². The predicted octanol–water partition coefficient (Wildman–Crippen LogP) is 3.09. The maximum Gasteiger partial charge on any atom is 0.340 e. The Morgan fingerprint density at radius 3 is 2.52 bits per heavy atom. The zero-order valence-electron chi connectivity index (χ0n) is 15.0. The van der Waals surface area contributed by atoms with Gasteiger partial charge in [0.2, 0.25) is 0 Å². The molecule has 0 spiro atoms. The highest BCUT2D eigenvalue weighted by Crippen LogP contribution is 2.28. The summed E-state index contributed by atoms with van der Waals surface area (Å²) in [5.41, 5.74) is 1.31. The van der Waals surface area contributed by atoms with Crippen molar-refractivity contribution in [2.75, 3.05) is 13.7 Å². The summed E-state index contributed by atoms with van der Waals surface area (Å²) in [4.78, 5) is 30.4. The van der Waals surface area contributed by atoms with Gasteiger partial charge in [0.1, 0.15) is 5.01 Å². The summed E-state index contributed by atoms with van der Waals surface area (Å²) in [6.07, 6.45) is -1.41. The van der Waals surface area contributed by atoms with E-state index in [-0.39, 0.29) is 11.9 Å². The van der Waals surface area contributed by atoms with E-state index in [1.165, 1.54) is 16.2 Å². The Morgan fingerprint density at radius 2 is 1.81 bits per heavy atom. The van der Waals surface area contributed by atoms with E-state index in [4.69, 9.17) is 4.74 Å². The Morgan fingerprint density at radius 1 is 1.15 bits per heavy atom.